The maximum atomic E-state index is 13.7. The summed E-state index contributed by atoms with van der Waals surface area (Å²) in [5.74, 6) is 1.88. The van der Waals surface area contributed by atoms with Crippen LogP contribution in [0.2, 0.25) is 5.15 Å². The zero-order valence-corrected chi connectivity index (χ0v) is 20.0. The van der Waals surface area contributed by atoms with Crippen molar-refractivity contribution < 1.29 is 18.4 Å². The number of ether oxygens (including phenoxy) is 3. The Morgan fingerprint density at radius 2 is 1.81 bits per heavy atom. The van der Waals surface area contributed by atoms with Gasteiger partial charge in [-0.3, -0.25) is 4.31 Å². The Kier molecular flexibility index (Phi) is 6.78. The fraction of sp³-hybridized carbons (Fsp3) is 0.182. The predicted molar refractivity (Wildman–Crippen MR) is 128 cm³/mol. The second kappa shape index (κ2) is 9.72. The molecular weight excluding hydrogens is 470 g/mol. The average molecular weight is 490 g/mol. The highest BCUT2D eigenvalue weighted by Crippen LogP contribution is 2.34. The molecule has 0 bridgehead atoms. The Balaban J connectivity index is 1.76. The molecule has 0 saturated carbocycles. The summed E-state index contributed by atoms with van der Waals surface area (Å²) in [7, 11) is 3.19. The number of anilines is 1. The van der Waals surface area contributed by atoms with Gasteiger partial charge in [-0.25, -0.2) is 14.2 Å². The van der Waals surface area contributed by atoms with Gasteiger partial charge < -0.3 is 14.2 Å². The first-order valence-electron chi connectivity index (χ1n) is 9.47. The minimum atomic E-state index is -1.57. The molecule has 0 aliphatic carbocycles. The predicted octanol–water partition coefficient (Wildman–Crippen LogP) is 5.10. The van der Waals surface area contributed by atoms with Crippen LogP contribution >= 0.6 is 22.9 Å². The highest BCUT2D eigenvalue weighted by Gasteiger charge is 2.22. The summed E-state index contributed by atoms with van der Waals surface area (Å²) < 4.78 is 31.7. The van der Waals surface area contributed by atoms with E-state index in [-0.39, 0.29) is 0 Å². The second-order valence-electron chi connectivity index (χ2n) is 6.60. The van der Waals surface area contributed by atoms with Gasteiger partial charge in [-0.15, -0.1) is 11.3 Å². The molecule has 0 fully saturated rings. The Morgan fingerprint density at radius 3 is 2.50 bits per heavy atom. The lowest BCUT2D eigenvalue weighted by Crippen LogP contribution is -2.25. The zero-order valence-electron chi connectivity index (χ0n) is 17.6. The summed E-state index contributed by atoms with van der Waals surface area (Å²) in [6, 6.07) is 10.9. The van der Waals surface area contributed by atoms with Crippen LogP contribution in [0.5, 0.6) is 17.2 Å². The Labute approximate surface area is 197 Å². The minimum absolute atomic E-state index is 0.319. The third-order valence-electron chi connectivity index (χ3n) is 4.84. The fourth-order valence-electron chi connectivity index (χ4n) is 3.23. The smallest absolute Gasteiger partial charge is 0.197 e. The molecule has 0 spiro atoms. The van der Waals surface area contributed by atoms with E-state index in [1.807, 2.05) is 23.6 Å². The van der Waals surface area contributed by atoms with Crippen LogP contribution in [0.15, 0.2) is 59.1 Å². The van der Waals surface area contributed by atoms with Crippen molar-refractivity contribution in [1.82, 2.24) is 9.97 Å². The SMILES string of the molecule is COc1ccc(CN(c2nccs2)S(=O)c2ccc3c(Cl)ncc(OC)c3c2)c(OC)c1. The number of rotatable bonds is 8. The van der Waals surface area contributed by atoms with Crippen molar-refractivity contribution in [1.29, 1.82) is 0 Å². The quantitative estimate of drug-likeness (QED) is 0.320. The highest BCUT2D eigenvalue weighted by molar-refractivity contribution is 7.86. The van der Waals surface area contributed by atoms with Gasteiger partial charge in [0.1, 0.15) is 22.4 Å². The van der Waals surface area contributed by atoms with Crippen LogP contribution in [0, 0.1) is 0 Å². The fourth-order valence-corrected chi connectivity index (χ4v) is 5.43. The van der Waals surface area contributed by atoms with Crippen LogP contribution in [-0.4, -0.2) is 35.5 Å². The summed E-state index contributed by atoms with van der Waals surface area (Å²) >= 11 is 7.65. The molecule has 0 radical (unpaired) electrons. The molecule has 4 aromatic rings. The average Bonchev–Trinajstić information content (AvgIpc) is 3.37. The van der Waals surface area contributed by atoms with E-state index in [1.54, 1.807) is 56.2 Å². The van der Waals surface area contributed by atoms with Crippen LogP contribution in [0.1, 0.15) is 5.56 Å². The summed E-state index contributed by atoms with van der Waals surface area (Å²) in [5.41, 5.74) is 0.850. The highest BCUT2D eigenvalue weighted by atomic mass is 35.5. The van der Waals surface area contributed by atoms with Crippen LogP contribution in [-0.2, 0) is 17.5 Å². The van der Waals surface area contributed by atoms with E-state index in [1.165, 1.54) is 11.3 Å². The third-order valence-corrected chi connectivity index (χ3v) is 7.41. The molecule has 0 N–H and O–H groups in total. The van der Waals surface area contributed by atoms with Crippen molar-refractivity contribution in [2.24, 2.45) is 0 Å². The number of aromatic nitrogens is 2. The van der Waals surface area contributed by atoms with Gasteiger partial charge in [0.15, 0.2) is 16.1 Å². The first-order chi connectivity index (χ1) is 15.5. The van der Waals surface area contributed by atoms with Crippen molar-refractivity contribution >= 4 is 49.8 Å². The van der Waals surface area contributed by atoms with E-state index in [9.17, 15) is 4.21 Å². The number of methoxy groups -OCH3 is 3. The lowest BCUT2D eigenvalue weighted by atomic mass is 10.1. The molecule has 2 aromatic heterocycles. The molecule has 0 amide bonds. The summed E-state index contributed by atoms with van der Waals surface area (Å²) in [4.78, 5) is 9.11. The minimum Gasteiger partial charge on any atom is -0.497 e. The number of hydrogen-bond donors (Lipinski definition) is 0. The number of pyridine rings is 1. The maximum Gasteiger partial charge on any atom is 0.197 e. The molecule has 1 atom stereocenters. The summed E-state index contributed by atoms with van der Waals surface area (Å²) in [6.45, 7) is 0.319. The van der Waals surface area contributed by atoms with Gasteiger partial charge in [0.25, 0.3) is 0 Å². The topological polar surface area (TPSA) is 73.8 Å². The number of hydrogen-bond acceptors (Lipinski definition) is 7. The molecule has 7 nitrogen and oxygen atoms in total. The lowest BCUT2D eigenvalue weighted by Gasteiger charge is -2.22. The molecule has 4 rings (SSSR count). The van der Waals surface area contributed by atoms with Gasteiger partial charge in [-0.2, -0.15) is 0 Å². The van der Waals surface area contributed by atoms with E-state index in [4.69, 9.17) is 25.8 Å². The van der Waals surface area contributed by atoms with Crippen molar-refractivity contribution in [2.45, 2.75) is 11.4 Å². The molecule has 2 aromatic carbocycles. The molecule has 166 valence electrons. The largest absolute Gasteiger partial charge is 0.497 e. The molecule has 2 heterocycles. The molecule has 1 unspecified atom stereocenters. The van der Waals surface area contributed by atoms with E-state index < -0.39 is 11.0 Å². The second-order valence-corrected chi connectivity index (χ2v) is 9.24. The molecule has 0 aliphatic heterocycles. The Hall–Kier alpha value is -2.88. The number of benzene rings is 2. The summed E-state index contributed by atoms with van der Waals surface area (Å²) in [5, 5.41) is 4.29. The van der Waals surface area contributed by atoms with E-state index in [0.717, 1.165) is 16.3 Å². The summed E-state index contributed by atoms with van der Waals surface area (Å²) in [6.07, 6.45) is 3.24. The van der Waals surface area contributed by atoms with E-state index in [2.05, 4.69) is 9.97 Å². The number of thiazole rings is 1. The number of nitrogens with zero attached hydrogens (tertiary/aromatic N) is 3. The van der Waals surface area contributed by atoms with Crippen molar-refractivity contribution in [3.8, 4) is 17.2 Å². The Morgan fingerprint density at radius 1 is 1.00 bits per heavy atom. The zero-order chi connectivity index (χ0) is 22.7. The maximum absolute atomic E-state index is 13.7. The van der Waals surface area contributed by atoms with Gasteiger partial charge >= 0.3 is 0 Å². The van der Waals surface area contributed by atoms with Gasteiger partial charge in [0.05, 0.1) is 39.0 Å². The van der Waals surface area contributed by atoms with Crippen LogP contribution in [0.25, 0.3) is 10.8 Å². The molecule has 0 saturated heterocycles. The standard InChI is InChI=1S/C22H20ClN3O4S2/c1-28-15-5-4-14(19(10-15)29-2)13-26(22-24-8-9-31-22)32(27)16-6-7-17-18(11-16)20(30-3)12-25-21(17)23/h4-12H,13H2,1-3H3. The van der Waals surface area contributed by atoms with E-state index >= 15 is 0 Å². The molecule has 0 aliphatic rings. The molecule has 32 heavy (non-hydrogen) atoms. The van der Waals surface area contributed by atoms with Gasteiger partial charge in [-0.05, 0) is 30.3 Å². The van der Waals surface area contributed by atoms with Gasteiger partial charge in [0.2, 0.25) is 0 Å². The monoisotopic (exact) mass is 489 g/mol. The third kappa shape index (κ3) is 4.36. The van der Waals surface area contributed by atoms with Crippen LogP contribution in [0.4, 0.5) is 5.13 Å². The van der Waals surface area contributed by atoms with Crippen molar-refractivity contribution in [2.75, 3.05) is 25.6 Å². The van der Waals surface area contributed by atoms with Crippen LogP contribution < -0.4 is 18.5 Å². The van der Waals surface area contributed by atoms with Crippen LogP contribution in [0.3, 0.4) is 0 Å². The Bertz CT molecular complexity index is 1270. The lowest BCUT2D eigenvalue weighted by molar-refractivity contribution is 0.391. The number of halogens is 1. The van der Waals surface area contributed by atoms with Gasteiger partial charge in [0, 0.05) is 34.0 Å². The van der Waals surface area contributed by atoms with Gasteiger partial charge in [-0.1, -0.05) is 11.6 Å². The molecular formula is C22H20ClN3O4S2. The number of fused-ring (bicyclic) bond motifs is 1. The first-order valence-corrected chi connectivity index (χ1v) is 11.8. The normalized spacial score (nSPS) is 11.9. The van der Waals surface area contributed by atoms with Crippen molar-refractivity contribution in [3.05, 3.63) is 64.9 Å². The first kappa shape index (κ1) is 22.3. The molecule has 10 heteroatoms. The van der Waals surface area contributed by atoms with Crippen molar-refractivity contribution in [3.63, 3.8) is 0 Å². The van der Waals surface area contributed by atoms with E-state index in [0.29, 0.717) is 39.0 Å².